The molecule has 5 rings (SSSR count). The Morgan fingerprint density at radius 1 is 1.07 bits per heavy atom. The third kappa shape index (κ3) is 3.09. The van der Waals surface area contributed by atoms with Crippen molar-refractivity contribution in [3.05, 3.63) is 83.3 Å². The molecular formula is C24H21N3O2. The highest BCUT2D eigenvalue weighted by atomic mass is 16.5. The maximum Gasteiger partial charge on any atom is 0.166 e. The molecule has 2 aromatic carbocycles. The molecule has 1 unspecified atom stereocenters. The van der Waals surface area contributed by atoms with E-state index < -0.39 is 0 Å². The van der Waals surface area contributed by atoms with Gasteiger partial charge in [0.15, 0.2) is 11.4 Å². The van der Waals surface area contributed by atoms with Gasteiger partial charge in [-0.2, -0.15) is 5.10 Å². The van der Waals surface area contributed by atoms with Crippen LogP contribution in [0.5, 0.6) is 5.75 Å². The number of carbonyl (C=O) groups is 1. The van der Waals surface area contributed by atoms with Crippen LogP contribution in [0, 0.1) is 6.92 Å². The topological polar surface area (TPSA) is 56.5 Å². The summed E-state index contributed by atoms with van der Waals surface area (Å²) in [6.45, 7) is 2.07. The fraction of sp³-hybridized carbons (Fsp3) is 0.208. The zero-order valence-corrected chi connectivity index (χ0v) is 16.4. The van der Waals surface area contributed by atoms with Crippen LogP contribution in [0.3, 0.4) is 0 Å². The SMILES string of the molecule is COc1cccc(-c2cnn3cc4c(nc23)CC(c2ccc(C)cc2)CC4=O)c1. The fourth-order valence-electron chi connectivity index (χ4n) is 4.04. The lowest BCUT2D eigenvalue weighted by molar-refractivity contribution is 0.0962. The molecule has 144 valence electrons. The van der Waals surface area contributed by atoms with Gasteiger partial charge in [0.1, 0.15) is 5.75 Å². The van der Waals surface area contributed by atoms with Crippen LogP contribution in [0.2, 0.25) is 0 Å². The lowest BCUT2D eigenvalue weighted by Gasteiger charge is -2.23. The summed E-state index contributed by atoms with van der Waals surface area (Å²) in [7, 11) is 1.65. The Morgan fingerprint density at radius 3 is 2.69 bits per heavy atom. The molecule has 5 heteroatoms. The minimum atomic E-state index is 0.129. The van der Waals surface area contributed by atoms with Gasteiger partial charge in [-0.05, 0) is 42.5 Å². The number of benzene rings is 2. The lowest BCUT2D eigenvalue weighted by Crippen LogP contribution is -2.21. The second-order valence-corrected chi connectivity index (χ2v) is 7.60. The summed E-state index contributed by atoms with van der Waals surface area (Å²) in [6, 6.07) is 16.3. The van der Waals surface area contributed by atoms with Gasteiger partial charge in [-0.25, -0.2) is 9.50 Å². The molecule has 0 saturated heterocycles. The van der Waals surface area contributed by atoms with Crippen molar-refractivity contribution >= 4 is 11.4 Å². The first-order valence-corrected chi connectivity index (χ1v) is 9.74. The van der Waals surface area contributed by atoms with Gasteiger partial charge in [0.2, 0.25) is 0 Å². The highest BCUT2D eigenvalue weighted by molar-refractivity contribution is 5.99. The second-order valence-electron chi connectivity index (χ2n) is 7.60. The molecule has 4 aromatic rings. The summed E-state index contributed by atoms with van der Waals surface area (Å²) in [5.41, 5.74) is 6.62. The van der Waals surface area contributed by atoms with Crippen molar-refractivity contribution in [2.45, 2.75) is 25.7 Å². The van der Waals surface area contributed by atoms with E-state index in [9.17, 15) is 4.79 Å². The number of aromatic nitrogens is 3. The molecule has 2 aromatic heterocycles. The molecule has 0 bridgehead atoms. The van der Waals surface area contributed by atoms with E-state index in [2.05, 4.69) is 36.3 Å². The van der Waals surface area contributed by atoms with E-state index in [0.29, 0.717) is 12.0 Å². The quantitative estimate of drug-likeness (QED) is 0.518. The maximum atomic E-state index is 12.8. The molecule has 1 aliphatic rings. The first kappa shape index (κ1) is 17.6. The number of ketones is 1. The number of nitrogens with zero attached hydrogens (tertiary/aromatic N) is 3. The third-order valence-corrected chi connectivity index (χ3v) is 5.67. The molecule has 0 amide bonds. The van der Waals surface area contributed by atoms with Gasteiger partial charge in [0.25, 0.3) is 0 Å². The van der Waals surface area contributed by atoms with Crippen molar-refractivity contribution < 1.29 is 9.53 Å². The number of carbonyl (C=O) groups excluding carboxylic acids is 1. The molecule has 0 radical (unpaired) electrons. The van der Waals surface area contributed by atoms with Crippen molar-refractivity contribution in [1.82, 2.24) is 14.6 Å². The summed E-state index contributed by atoms with van der Waals surface area (Å²) < 4.78 is 7.05. The van der Waals surface area contributed by atoms with Crippen LogP contribution >= 0.6 is 0 Å². The van der Waals surface area contributed by atoms with Crippen molar-refractivity contribution in [3.63, 3.8) is 0 Å². The molecule has 0 N–H and O–H groups in total. The second kappa shape index (κ2) is 6.85. The predicted molar refractivity (Wildman–Crippen MR) is 112 cm³/mol. The van der Waals surface area contributed by atoms with Gasteiger partial charge in [-0.15, -0.1) is 0 Å². The average molecular weight is 383 g/mol. The molecule has 1 atom stereocenters. The standard InChI is InChI=1S/C24H21N3O2/c1-15-6-8-16(9-7-15)18-11-22-21(23(28)12-18)14-27-24(26-22)20(13-25-27)17-4-3-5-19(10-17)29-2/h3-10,13-14,18H,11-12H2,1-2H3. The Labute approximate surface area is 169 Å². The van der Waals surface area contributed by atoms with Crippen LogP contribution < -0.4 is 4.74 Å². The Bertz CT molecular complexity index is 1220. The first-order valence-electron chi connectivity index (χ1n) is 9.74. The van der Waals surface area contributed by atoms with Crippen LogP contribution in [-0.4, -0.2) is 27.5 Å². The molecule has 1 aliphatic carbocycles. The number of aryl methyl sites for hydroxylation is 1. The molecule has 29 heavy (non-hydrogen) atoms. The Morgan fingerprint density at radius 2 is 1.90 bits per heavy atom. The number of fused-ring (bicyclic) bond motifs is 2. The smallest absolute Gasteiger partial charge is 0.166 e. The van der Waals surface area contributed by atoms with Crippen molar-refractivity contribution in [2.24, 2.45) is 0 Å². The van der Waals surface area contributed by atoms with Gasteiger partial charge in [0.05, 0.1) is 24.6 Å². The van der Waals surface area contributed by atoms with Crippen molar-refractivity contribution in [3.8, 4) is 16.9 Å². The van der Waals surface area contributed by atoms with Crippen molar-refractivity contribution in [1.29, 1.82) is 0 Å². The summed E-state index contributed by atoms with van der Waals surface area (Å²) in [5.74, 6) is 1.08. The molecule has 0 spiro atoms. The van der Waals surface area contributed by atoms with E-state index in [1.165, 1.54) is 11.1 Å². The monoisotopic (exact) mass is 383 g/mol. The first-order chi connectivity index (χ1) is 14.1. The Hall–Kier alpha value is -3.47. The number of hydrogen-bond donors (Lipinski definition) is 0. The normalized spacial score (nSPS) is 16.1. The molecule has 0 aliphatic heterocycles. The number of ether oxygens (including phenoxy) is 1. The summed E-state index contributed by atoms with van der Waals surface area (Å²) in [6.07, 6.45) is 4.89. The number of rotatable bonds is 3. The van der Waals surface area contributed by atoms with Crippen LogP contribution in [0.4, 0.5) is 0 Å². The summed E-state index contributed by atoms with van der Waals surface area (Å²) >= 11 is 0. The van der Waals surface area contributed by atoms with Crippen LogP contribution in [0.25, 0.3) is 16.8 Å². The molecule has 0 saturated carbocycles. The summed E-state index contributed by atoms with van der Waals surface area (Å²) in [5, 5.41) is 4.44. The average Bonchev–Trinajstić information content (AvgIpc) is 3.16. The van der Waals surface area contributed by atoms with Gasteiger partial charge < -0.3 is 4.74 Å². The Balaban J connectivity index is 1.58. The van der Waals surface area contributed by atoms with E-state index in [-0.39, 0.29) is 11.7 Å². The molecule has 2 heterocycles. The van der Waals surface area contributed by atoms with Crippen LogP contribution in [-0.2, 0) is 6.42 Å². The molecular weight excluding hydrogens is 362 g/mol. The minimum absolute atomic E-state index is 0.129. The lowest BCUT2D eigenvalue weighted by atomic mass is 9.82. The Kier molecular flexibility index (Phi) is 4.16. The molecule has 0 fully saturated rings. The predicted octanol–water partition coefficient (Wildman–Crippen LogP) is 4.63. The highest BCUT2D eigenvalue weighted by Crippen LogP contribution is 2.34. The van der Waals surface area contributed by atoms with Crippen molar-refractivity contribution in [2.75, 3.05) is 7.11 Å². The maximum absolute atomic E-state index is 12.8. The number of hydrogen-bond acceptors (Lipinski definition) is 4. The van der Waals surface area contributed by atoms with Gasteiger partial charge in [-0.1, -0.05) is 42.0 Å². The summed E-state index contributed by atoms with van der Waals surface area (Å²) in [4.78, 5) is 17.7. The zero-order valence-electron chi connectivity index (χ0n) is 16.4. The third-order valence-electron chi connectivity index (χ3n) is 5.67. The van der Waals surface area contributed by atoms with E-state index >= 15 is 0 Å². The number of methoxy groups -OCH3 is 1. The van der Waals surface area contributed by atoms with E-state index in [1.54, 1.807) is 17.8 Å². The van der Waals surface area contributed by atoms with Gasteiger partial charge in [-0.3, -0.25) is 4.79 Å². The van der Waals surface area contributed by atoms with E-state index in [4.69, 9.17) is 9.72 Å². The van der Waals surface area contributed by atoms with Crippen LogP contribution in [0.15, 0.2) is 60.9 Å². The largest absolute Gasteiger partial charge is 0.497 e. The highest BCUT2D eigenvalue weighted by Gasteiger charge is 2.28. The number of Topliss-reactive ketones (excluding diaryl/α,β-unsaturated/α-hetero) is 1. The van der Waals surface area contributed by atoms with Gasteiger partial charge in [0, 0.05) is 18.2 Å². The molecule has 5 nitrogen and oxygen atoms in total. The van der Waals surface area contributed by atoms with Crippen LogP contribution in [0.1, 0.15) is 39.5 Å². The van der Waals surface area contributed by atoms with E-state index in [0.717, 1.165) is 34.6 Å². The zero-order chi connectivity index (χ0) is 20.0. The fourth-order valence-corrected chi connectivity index (χ4v) is 4.04. The minimum Gasteiger partial charge on any atom is -0.497 e. The van der Waals surface area contributed by atoms with Gasteiger partial charge >= 0.3 is 0 Å². The van der Waals surface area contributed by atoms with E-state index in [1.807, 2.05) is 30.5 Å².